The number of piperidine rings is 1. The predicted octanol–water partition coefficient (Wildman–Crippen LogP) is 5.29. The fourth-order valence-corrected chi connectivity index (χ4v) is 4.44. The van der Waals surface area contributed by atoms with Crippen molar-refractivity contribution < 1.29 is 14.6 Å². The van der Waals surface area contributed by atoms with E-state index in [9.17, 15) is 9.90 Å². The minimum atomic E-state index is -0.882. The second-order valence-electron chi connectivity index (χ2n) is 8.01. The standard InChI is InChI=1S/C23H27BrN2O3/c24-18-10-8-17(9-11-18)23(28)12-14-26(15-13-23)22(27)25-19-4-3-7-21(16-19)29-20-5-1-2-6-20/h3-4,7-11,16,20,28H,1-2,5-6,12-15H2,(H,25,27). The second kappa shape index (κ2) is 8.76. The monoisotopic (exact) mass is 458 g/mol. The van der Waals surface area contributed by atoms with Crippen molar-refractivity contribution in [1.82, 2.24) is 4.90 Å². The Morgan fingerprint density at radius 3 is 2.48 bits per heavy atom. The van der Waals surface area contributed by atoms with Crippen molar-refractivity contribution >= 4 is 27.6 Å². The highest BCUT2D eigenvalue weighted by atomic mass is 79.9. The number of likely N-dealkylation sites (tertiary alicyclic amines) is 1. The van der Waals surface area contributed by atoms with E-state index in [1.807, 2.05) is 48.5 Å². The molecular weight excluding hydrogens is 432 g/mol. The average molecular weight is 459 g/mol. The topological polar surface area (TPSA) is 61.8 Å². The predicted molar refractivity (Wildman–Crippen MR) is 117 cm³/mol. The summed E-state index contributed by atoms with van der Waals surface area (Å²) in [6.07, 6.45) is 5.99. The summed E-state index contributed by atoms with van der Waals surface area (Å²) in [6, 6.07) is 15.2. The van der Waals surface area contributed by atoms with E-state index >= 15 is 0 Å². The van der Waals surface area contributed by atoms with E-state index in [0.29, 0.717) is 32.0 Å². The number of ether oxygens (including phenoxy) is 1. The smallest absolute Gasteiger partial charge is 0.321 e. The number of anilines is 1. The summed E-state index contributed by atoms with van der Waals surface area (Å²) in [6.45, 7) is 1.02. The lowest BCUT2D eigenvalue weighted by Crippen LogP contribution is -2.46. The highest BCUT2D eigenvalue weighted by Gasteiger charge is 2.35. The summed E-state index contributed by atoms with van der Waals surface area (Å²) < 4.78 is 7.01. The van der Waals surface area contributed by atoms with Gasteiger partial charge in [-0.15, -0.1) is 0 Å². The molecule has 154 valence electrons. The Morgan fingerprint density at radius 1 is 1.10 bits per heavy atom. The first kappa shape index (κ1) is 20.2. The van der Waals surface area contributed by atoms with Crippen molar-refractivity contribution in [2.24, 2.45) is 0 Å². The number of amides is 2. The van der Waals surface area contributed by atoms with Crippen LogP contribution in [0.3, 0.4) is 0 Å². The first-order valence-electron chi connectivity index (χ1n) is 10.3. The van der Waals surface area contributed by atoms with Crippen LogP contribution in [0.15, 0.2) is 53.0 Å². The summed E-state index contributed by atoms with van der Waals surface area (Å²) in [5, 5.41) is 14.0. The summed E-state index contributed by atoms with van der Waals surface area (Å²) >= 11 is 3.42. The number of carbonyl (C=O) groups excluding carboxylic acids is 1. The van der Waals surface area contributed by atoms with E-state index in [4.69, 9.17) is 4.74 Å². The average Bonchev–Trinajstić information content (AvgIpc) is 3.22. The number of nitrogens with zero attached hydrogens (tertiary/aromatic N) is 1. The molecule has 0 unspecified atom stereocenters. The molecule has 4 rings (SSSR count). The van der Waals surface area contributed by atoms with Gasteiger partial charge in [-0.2, -0.15) is 0 Å². The van der Waals surface area contributed by atoms with Crippen molar-refractivity contribution in [3.8, 4) is 5.75 Å². The summed E-state index contributed by atoms with van der Waals surface area (Å²) in [7, 11) is 0. The van der Waals surface area contributed by atoms with Gasteiger partial charge in [0.05, 0.1) is 11.7 Å². The quantitative estimate of drug-likeness (QED) is 0.654. The number of halogens is 1. The maximum atomic E-state index is 12.7. The normalized spacial score (nSPS) is 19.2. The first-order valence-corrected chi connectivity index (χ1v) is 11.1. The van der Waals surface area contributed by atoms with Gasteiger partial charge in [0.15, 0.2) is 0 Å². The molecule has 1 saturated heterocycles. The van der Waals surface area contributed by atoms with Crippen LogP contribution in [0.5, 0.6) is 5.75 Å². The zero-order chi connectivity index (χ0) is 20.3. The lowest BCUT2D eigenvalue weighted by molar-refractivity contribution is -0.0157. The molecule has 29 heavy (non-hydrogen) atoms. The number of aliphatic hydroxyl groups is 1. The van der Waals surface area contributed by atoms with Crippen molar-refractivity contribution in [3.63, 3.8) is 0 Å². The molecule has 2 fully saturated rings. The van der Waals surface area contributed by atoms with E-state index in [1.54, 1.807) is 4.90 Å². The van der Waals surface area contributed by atoms with E-state index in [-0.39, 0.29) is 6.03 Å². The van der Waals surface area contributed by atoms with Crippen LogP contribution < -0.4 is 10.1 Å². The van der Waals surface area contributed by atoms with Crippen LogP contribution in [0.25, 0.3) is 0 Å². The van der Waals surface area contributed by atoms with Gasteiger partial charge in [-0.25, -0.2) is 4.79 Å². The number of nitrogens with one attached hydrogen (secondary N) is 1. The maximum absolute atomic E-state index is 12.7. The second-order valence-corrected chi connectivity index (χ2v) is 8.92. The number of hydrogen-bond donors (Lipinski definition) is 2. The molecule has 0 atom stereocenters. The molecule has 1 aliphatic heterocycles. The molecule has 2 aromatic carbocycles. The molecule has 0 radical (unpaired) electrons. The van der Waals surface area contributed by atoms with Crippen molar-refractivity contribution in [1.29, 1.82) is 0 Å². The van der Waals surface area contributed by atoms with Gasteiger partial charge in [-0.05, 0) is 68.4 Å². The number of hydrogen-bond acceptors (Lipinski definition) is 3. The van der Waals surface area contributed by atoms with Gasteiger partial charge in [-0.1, -0.05) is 34.1 Å². The number of rotatable bonds is 4. The Hall–Kier alpha value is -2.05. The van der Waals surface area contributed by atoms with Gasteiger partial charge in [0.2, 0.25) is 0 Å². The van der Waals surface area contributed by atoms with E-state index in [2.05, 4.69) is 21.2 Å². The van der Waals surface area contributed by atoms with Crippen LogP contribution in [-0.4, -0.2) is 35.2 Å². The van der Waals surface area contributed by atoms with Gasteiger partial charge in [0.25, 0.3) is 0 Å². The highest BCUT2D eigenvalue weighted by molar-refractivity contribution is 9.10. The van der Waals surface area contributed by atoms with E-state index < -0.39 is 5.60 Å². The molecular formula is C23H27BrN2O3. The Balaban J connectivity index is 1.33. The summed E-state index contributed by atoms with van der Waals surface area (Å²) in [5.41, 5.74) is 0.753. The molecule has 1 heterocycles. The molecule has 1 aliphatic carbocycles. The Bertz CT molecular complexity index is 841. The molecule has 6 heteroatoms. The molecule has 2 amide bonds. The fourth-order valence-electron chi connectivity index (χ4n) is 4.18. The van der Waals surface area contributed by atoms with Crippen LogP contribution in [-0.2, 0) is 5.60 Å². The van der Waals surface area contributed by atoms with Gasteiger partial charge < -0.3 is 20.1 Å². The highest BCUT2D eigenvalue weighted by Crippen LogP contribution is 2.34. The Morgan fingerprint density at radius 2 is 1.79 bits per heavy atom. The summed E-state index contributed by atoms with van der Waals surface area (Å²) in [4.78, 5) is 14.5. The van der Waals surface area contributed by atoms with Crippen molar-refractivity contribution in [2.45, 2.75) is 50.2 Å². The SMILES string of the molecule is O=C(Nc1cccc(OC2CCCC2)c1)N1CCC(O)(c2ccc(Br)cc2)CC1. The zero-order valence-electron chi connectivity index (χ0n) is 16.4. The minimum Gasteiger partial charge on any atom is -0.490 e. The number of carbonyl (C=O) groups is 1. The number of benzene rings is 2. The lowest BCUT2D eigenvalue weighted by Gasteiger charge is -2.38. The molecule has 5 nitrogen and oxygen atoms in total. The van der Waals surface area contributed by atoms with E-state index in [1.165, 1.54) is 12.8 Å². The van der Waals surface area contributed by atoms with Crippen LogP contribution in [0.1, 0.15) is 44.1 Å². The summed E-state index contributed by atoms with van der Waals surface area (Å²) in [5.74, 6) is 0.804. The fraction of sp³-hybridized carbons (Fsp3) is 0.435. The molecule has 0 aromatic heterocycles. The van der Waals surface area contributed by atoms with Gasteiger partial charge in [-0.3, -0.25) is 0 Å². The van der Waals surface area contributed by atoms with Crippen molar-refractivity contribution in [3.05, 3.63) is 58.6 Å². The van der Waals surface area contributed by atoms with Crippen LogP contribution in [0, 0.1) is 0 Å². The largest absolute Gasteiger partial charge is 0.490 e. The van der Waals surface area contributed by atoms with E-state index in [0.717, 1.165) is 34.3 Å². The molecule has 0 spiro atoms. The van der Waals surface area contributed by atoms with Crippen molar-refractivity contribution in [2.75, 3.05) is 18.4 Å². The molecule has 2 aromatic rings. The lowest BCUT2D eigenvalue weighted by atomic mass is 9.84. The third-order valence-electron chi connectivity index (χ3n) is 5.95. The zero-order valence-corrected chi connectivity index (χ0v) is 18.0. The van der Waals surface area contributed by atoms with Gasteiger partial charge in [0.1, 0.15) is 5.75 Å². The Kier molecular flexibility index (Phi) is 6.11. The van der Waals surface area contributed by atoms with Crippen LogP contribution >= 0.6 is 15.9 Å². The maximum Gasteiger partial charge on any atom is 0.321 e. The Labute approximate surface area is 180 Å². The molecule has 0 bridgehead atoms. The van der Waals surface area contributed by atoms with Crippen LogP contribution in [0.4, 0.5) is 10.5 Å². The molecule has 2 aliphatic rings. The van der Waals surface area contributed by atoms with Crippen LogP contribution in [0.2, 0.25) is 0 Å². The molecule has 2 N–H and O–H groups in total. The minimum absolute atomic E-state index is 0.138. The first-order chi connectivity index (χ1) is 14.0. The van der Waals surface area contributed by atoms with Gasteiger partial charge >= 0.3 is 6.03 Å². The third kappa shape index (κ3) is 4.93. The molecule has 1 saturated carbocycles. The third-order valence-corrected chi connectivity index (χ3v) is 6.48. The number of urea groups is 1. The van der Waals surface area contributed by atoms with Gasteiger partial charge in [0, 0.05) is 29.3 Å².